The predicted molar refractivity (Wildman–Crippen MR) is 113 cm³/mol. The highest BCUT2D eigenvalue weighted by molar-refractivity contribution is 5.95. The lowest BCUT2D eigenvalue weighted by molar-refractivity contribution is 0.0789. The van der Waals surface area contributed by atoms with Crippen LogP contribution in [0.5, 0.6) is 0 Å². The van der Waals surface area contributed by atoms with E-state index in [1.54, 1.807) is 6.20 Å². The van der Waals surface area contributed by atoms with Crippen molar-refractivity contribution in [1.29, 1.82) is 0 Å². The van der Waals surface area contributed by atoms with E-state index in [-0.39, 0.29) is 11.8 Å². The normalized spacial score (nSPS) is 20.3. The zero-order valence-electron chi connectivity index (χ0n) is 17.9. The summed E-state index contributed by atoms with van der Waals surface area (Å²) < 4.78 is 0. The van der Waals surface area contributed by atoms with Gasteiger partial charge in [-0.3, -0.25) is 9.78 Å². The molecular weight excluding hydrogens is 364 g/mol. The van der Waals surface area contributed by atoms with Crippen molar-refractivity contribution in [2.45, 2.75) is 33.1 Å². The average Bonchev–Trinajstić information content (AvgIpc) is 3.18. The van der Waals surface area contributed by atoms with Crippen molar-refractivity contribution in [3.05, 3.63) is 46.8 Å². The molecule has 0 spiro atoms. The molecule has 2 aromatic rings. The van der Waals surface area contributed by atoms with Gasteiger partial charge in [-0.1, -0.05) is 0 Å². The summed E-state index contributed by atoms with van der Waals surface area (Å²) in [6.07, 6.45) is 2.60. The third kappa shape index (κ3) is 4.24. The number of hydrogen-bond donors (Lipinski definition) is 0. The maximum atomic E-state index is 13.0. The molecule has 4 rings (SSSR count). The van der Waals surface area contributed by atoms with Crippen molar-refractivity contribution >= 4 is 11.6 Å². The molecule has 1 atom stereocenters. The number of nitrogens with zero attached hydrogens (tertiary/aromatic N) is 6. The second-order valence-corrected chi connectivity index (χ2v) is 8.33. The Morgan fingerprint density at radius 3 is 2.52 bits per heavy atom. The number of rotatable bonds is 3. The van der Waals surface area contributed by atoms with Gasteiger partial charge in [0.05, 0.1) is 11.3 Å². The lowest BCUT2D eigenvalue weighted by atomic mass is 10.0. The van der Waals surface area contributed by atoms with Gasteiger partial charge in [0.1, 0.15) is 5.82 Å². The van der Waals surface area contributed by atoms with E-state index in [0.717, 1.165) is 56.2 Å². The summed E-state index contributed by atoms with van der Waals surface area (Å²) in [4.78, 5) is 33.1. The molecule has 2 aromatic heterocycles. The predicted octanol–water partition coefficient (Wildman–Crippen LogP) is 2.18. The molecule has 1 unspecified atom stereocenters. The number of likely N-dealkylation sites (tertiary alicyclic amines) is 1. The lowest BCUT2D eigenvalue weighted by Gasteiger charge is -2.34. The van der Waals surface area contributed by atoms with Crippen LogP contribution in [0.3, 0.4) is 0 Å². The highest BCUT2D eigenvalue weighted by Crippen LogP contribution is 2.30. The number of carbonyl (C=O) groups excluding carboxylic acids is 1. The summed E-state index contributed by atoms with van der Waals surface area (Å²) in [6, 6.07) is 4.41. The number of hydrogen-bond acceptors (Lipinski definition) is 6. The Labute approximate surface area is 172 Å². The van der Waals surface area contributed by atoms with Crippen LogP contribution in [0.15, 0.2) is 18.3 Å². The van der Waals surface area contributed by atoms with Crippen molar-refractivity contribution in [1.82, 2.24) is 24.8 Å². The van der Waals surface area contributed by atoms with Gasteiger partial charge in [0.15, 0.2) is 0 Å². The van der Waals surface area contributed by atoms with Gasteiger partial charge in [-0.25, -0.2) is 9.97 Å². The number of anilines is 1. The molecule has 0 saturated carbocycles. The van der Waals surface area contributed by atoms with E-state index in [1.165, 1.54) is 5.69 Å². The zero-order valence-corrected chi connectivity index (χ0v) is 17.9. The first-order valence-corrected chi connectivity index (χ1v) is 10.4. The molecule has 7 nitrogen and oxygen atoms in total. The molecule has 1 amide bonds. The summed E-state index contributed by atoms with van der Waals surface area (Å²) in [5.41, 5.74) is 4.76. The second kappa shape index (κ2) is 8.06. The van der Waals surface area contributed by atoms with Crippen LogP contribution in [0.2, 0.25) is 0 Å². The summed E-state index contributed by atoms with van der Waals surface area (Å²) in [5, 5.41) is 0. The molecular formula is C22H30N6O. The Kier molecular flexibility index (Phi) is 5.50. The first-order valence-electron chi connectivity index (χ1n) is 10.4. The Morgan fingerprint density at radius 1 is 1.03 bits per heavy atom. The number of amides is 1. The molecule has 0 aliphatic carbocycles. The van der Waals surface area contributed by atoms with Crippen molar-refractivity contribution in [2.24, 2.45) is 0 Å². The summed E-state index contributed by atoms with van der Waals surface area (Å²) in [5.74, 6) is 0.993. The van der Waals surface area contributed by atoms with E-state index in [1.807, 2.05) is 18.7 Å². The fourth-order valence-corrected chi connectivity index (χ4v) is 4.28. The summed E-state index contributed by atoms with van der Waals surface area (Å²) in [6.45, 7) is 11.5. The van der Waals surface area contributed by atoms with E-state index in [2.05, 4.69) is 45.9 Å². The van der Waals surface area contributed by atoms with Gasteiger partial charge in [0.25, 0.3) is 5.91 Å². The number of carbonyl (C=O) groups is 1. The maximum Gasteiger partial charge on any atom is 0.257 e. The molecule has 0 N–H and O–H groups in total. The number of likely N-dealkylation sites (N-methyl/N-ethyl adjacent to an activating group) is 1. The van der Waals surface area contributed by atoms with Crippen molar-refractivity contribution in [2.75, 3.05) is 51.2 Å². The number of piperazine rings is 1. The molecule has 4 heterocycles. The Hall–Kier alpha value is -2.54. The third-order valence-electron chi connectivity index (χ3n) is 6.05. The van der Waals surface area contributed by atoms with Crippen LogP contribution in [0.4, 0.5) is 5.69 Å². The first kappa shape index (κ1) is 19.8. The van der Waals surface area contributed by atoms with Crippen LogP contribution < -0.4 is 4.90 Å². The minimum absolute atomic E-state index is 0.0249. The zero-order chi connectivity index (χ0) is 20.5. The van der Waals surface area contributed by atoms with E-state index in [9.17, 15) is 4.79 Å². The van der Waals surface area contributed by atoms with Crippen LogP contribution in [0, 0.1) is 20.8 Å². The summed E-state index contributed by atoms with van der Waals surface area (Å²) in [7, 11) is 2.17. The van der Waals surface area contributed by atoms with E-state index >= 15 is 0 Å². The van der Waals surface area contributed by atoms with Gasteiger partial charge in [0.2, 0.25) is 0 Å². The molecule has 2 fully saturated rings. The maximum absolute atomic E-state index is 13.0. The number of aromatic nitrogens is 3. The van der Waals surface area contributed by atoms with Crippen LogP contribution in [0.1, 0.15) is 45.6 Å². The molecule has 2 saturated heterocycles. The van der Waals surface area contributed by atoms with Gasteiger partial charge in [0, 0.05) is 68.5 Å². The van der Waals surface area contributed by atoms with Gasteiger partial charge < -0.3 is 14.7 Å². The molecule has 0 aromatic carbocycles. The highest BCUT2D eigenvalue weighted by Gasteiger charge is 2.30. The van der Waals surface area contributed by atoms with Crippen LogP contribution >= 0.6 is 0 Å². The van der Waals surface area contributed by atoms with Crippen molar-refractivity contribution in [3.63, 3.8) is 0 Å². The van der Waals surface area contributed by atoms with E-state index in [0.29, 0.717) is 17.9 Å². The van der Waals surface area contributed by atoms with E-state index in [4.69, 9.17) is 4.98 Å². The topological polar surface area (TPSA) is 65.5 Å². The van der Waals surface area contributed by atoms with Gasteiger partial charge in [-0.15, -0.1) is 0 Å². The summed E-state index contributed by atoms with van der Waals surface area (Å²) >= 11 is 0. The fraction of sp³-hybridized carbons (Fsp3) is 0.545. The molecule has 2 aliphatic rings. The van der Waals surface area contributed by atoms with Crippen LogP contribution in [0.25, 0.3) is 0 Å². The van der Waals surface area contributed by atoms with Crippen molar-refractivity contribution in [3.8, 4) is 0 Å². The minimum Gasteiger partial charge on any atom is -0.369 e. The smallest absolute Gasteiger partial charge is 0.257 e. The van der Waals surface area contributed by atoms with Crippen LogP contribution in [-0.4, -0.2) is 77.0 Å². The number of aryl methyl sites for hydroxylation is 3. The second-order valence-electron chi connectivity index (χ2n) is 8.33. The largest absolute Gasteiger partial charge is 0.369 e. The average molecular weight is 395 g/mol. The standard InChI is InChI=1S/C22H30N6O/c1-15-11-19(27-9-7-26(4)8-10-27)12-21(24-15)18-5-6-28(14-18)22(29)20-13-23-17(3)25-16(20)2/h11-13,18H,5-10,14H2,1-4H3. The monoisotopic (exact) mass is 394 g/mol. The number of pyridine rings is 1. The highest BCUT2D eigenvalue weighted by atomic mass is 16.2. The van der Waals surface area contributed by atoms with Gasteiger partial charge in [-0.2, -0.15) is 0 Å². The lowest BCUT2D eigenvalue weighted by Crippen LogP contribution is -2.44. The first-order chi connectivity index (χ1) is 13.9. The molecule has 2 aliphatic heterocycles. The molecule has 7 heteroatoms. The minimum atomic E-state index is 0.0249. The van der Waals surface area contributed by atoms with Gasteiger partial charge >= 0.3 is 0 Å². The molecule has 0 radical (unpaired) electrons. The molecule has 29 heavy (non-hydrogen) atoms. The van der Waals surface area contributed by atoms with E-state index < -0.39 is 0 Å². The Morgan fingerprint density at radius 2 is 1.79 bits per heavy atom. The van der Waals surface area contributed by atoms with Crippen LogP contribution in [-0.2, 0) is 0 Å². The Balaban J connectivity index is 1.49. The van der Waals surface area contributed by atoms with Crippen molar-refractivity contribution < 1.29 is 4.79 Å². The third-order valence-corrected chi connectivity index (χ3v) is 6.05. The van der Waals surface area contributed by atoms with Gasteiger partial charge in [-0.05, 0) is 46.4 Å². The quantitative estimate of drug-likeness (QED) is 0.795. The Bertz CT molecular complexity index is 906. The molecule has 154 valence electrons. The molecule has 0 bridgehead atoms. The SMILES string of the molecule is Cc1cc(N2CCN(C)CC2)cc(C2CCN(C(=O)c3cnc(C)nc3C)C2)n1. The fourth-order valence-electron chi connectivity index (χ4n) is 4.28.